The molecule has 0 fully saturated rings. The van der Waals surface area contributed by atoms with Gasteiger partial charge in [0, 0.05) is 24.2 Å². The van der Waals surface area contributed by atoms with E-state index >= 15 is 0 Å². The lowest BCUT2D eigenvalue weighted by Gasteiger charge is -2.06. The molecule has 14 heavy (non-hydrogen) atoms. The van der Waals surface area contributed by atoms with Crippen molar-refractivity contribution < 1.29 is 0 Å². The van der Waals surface area contributed by atoms with E-state index in [2.05, 4.69) is 24.1 Å². The molecule has 0 saturated carbocycles. The molecule has 2 rings (SSSR count). The summed E-state index contributed by atoms with van der Waals surface area (Å²) in [7, 11) is 0. The molecule has 1 N–H and O–H groups in total. The van der Waals surface area contributed by atoms with Crippen LogP contribution in [0.5, 0.6) is 0 Å². The standard InChI is InChI=1S/C9H12ClN3S/c1-6(2)11-5-7-8(10)12-9-13(7)3-4-14-9/h3-4,6,11H,5H2,1-2H3. The van der Waals surface area contributed by atoms with Gasteiger partial charge in [0.05, 0.1) is 5.69 Å². The van der Waals surface area contributed by atoms with E-state index in [-0.39, 0.29) is 0 Å². The van der Waals surface area contributed by atoms with Crippen molar-refractivity contribution in [2.75, 3.05) is 0 Å². The number of aromatic nitrogens is 2. The summed E-state index contributed by atoms with van der Waals surface area (Å²) in [5.74, 6) is 0. The second-order valence-electron chi connectivity index (χ2n) is 3.44. The molecule has 0 aromatic carbocycles. The summed E-state index contributed by atoms with van der Waals surface area (Å²) in [6.07, 6.45) is 2.00. The number of nitrogens with zero attached hydrogens (tertiary/aromatic N) is 2. The highest BCUT2D eigenvalue weighted by Gasteiger charge is 2.10. The number of rotatable bonds is 3. The van der Waals surface area contributed by atoms with E-state index in [4.69, 9.17) is 11.6 Å². The van der Waals surface area contributed by atoms with E-state index in [1.807, 2.05) is 16.0 Å². The van der Waals surface area contributed by atoms with Crippen LogP contribution in [0, 0.1) is 0 Å². The fraction of sp³-hybridized carbons (Fsp3) is 0.444. The summed E-state index contributed by atoms with van der Waals surface area (Å²) >= 11 is 7.62. The Morgan fingerprint density at radius 3 is 3.14 bits per heavy atom. The number of hydrogen-bond donors (Lipinski definition) is 1. The molecule has 2 heterocycles. The molecule has 76 valence electrons. The van der Waals surface area contributed by atoms with Crippen molar-refractivity contribution in [3.05, 3.63) is 22.4 Å². The average molecular weight is 230 g/mol. The van der Waals surface area contributed by atoms with E-state index in [0.29, 0.717) is 11.2 Å². The van der Waals surface area contributed by atoms with Crippen LogP contribution in [0.1, 0.15) is 19.5 Å². The van der Waals surface area contributed by atoms with Gasteiger partial charge in [-0.15, -0.1) is 11.3 Å². The Labute approximate surface area is 91.7 Å². The highest BCUT2D eigenvalue weighted by molar-refractivity contribution is 7.15. The van der Waals surface area contributed by atoms with Gasteiger partial charge in [-0.1, -0.05) is 25.4 Å². The zero-order chi connectivity index (χ0) is 10.1. The van der Waals surface area contributed by atoms with Crippen LogP contribution in [0.4, 0.5) is 0 Å². The zero-order valence-corrected chi connectivity index (χ0v) is 9.69. The molecule has 0 spiro atoms. The van der Waals surface area contributed by atoms with E-state index in [0.717, 1.165) is 17.2 Å². The van der Waals surface area contributed by atoms with E-state index in [1.165, 1.54) is 0 Å². The molecule has 2 aromatic rings. The number of thiazole rings is 1. The second-order valence-corrected chi connectivity index (χ2v) is 4.67. The third kappa shape index (κ3) is 1.78. The summed E-state index contributed by atoms with van der Waals surface area (Å²) in [6.45, 7) is 4.98. The molecular weight excluding hydrogens is 218 g/mol. The van der Waals surface area contributed by atoms with Crippen molar-refractivity contribution >= 4 is 27.9 Å². The summed E-state index contributed by atoms with van der Waals surface area (Å²) in [5.41, 5.74) is 1.04. The predicted octanol–water partition coefficient (Wildman–Crippen LogP) is 2.55. The van der Waals surface area contributed by atoms with Crippen LogP contribution in [0.25, 0.3) is 4.96 Å². The quantitative estimate of drug-likeness (QED) is 0.877. The SMILES string of the molecule is CC(C)NCc1c(Cl)nc2sccn12. The first-order chi connectivity index (χ1) is 6.68. The Bertz CT molecular complexity index is 432. The Morgan fingerprint density at radius 1 is 1.64 bits per heavy atom. The molecule has 2 aromatic heterocycles. The fourth-order valence-corrected chi connectivity index (χ4v) is 2.29. The van der Waals surface area contributed by atoms with Crippen molar-refractivity contribution in [2.24, 2.45) is 0 Å². The van der Waals surface area contributed by atoms with Gasteiger partial charge in [0.25, 0.3) is 0 Å². The van der Waals surface area contributed by atoms with Gasteiger partial charge in [0.1, 0.15) is 0 Å². The van der Waals surface area contributed by atoms with E-state index in [1.54, 1.807) is 11.3 Å². The van der Waals surface area contributed by atoms with Gasteiger partial charge in [-0.25, -0.2) is 4.98 Å². The molecule has 0 amide bonds. The highest BCUT2D eigenvalue weighted by atomic mass is 35.5. The number of hydrogen-bond acceptors (Lipinski definition) is 3. The third-order valence-electron chi connectivity index (χ3n) is 1.99. The van der Waals surface area contributed by atoms with Gasteiger partial charge in [0.2, 0.25) is 0 Å². The van der Waals surface area contributed by atoms with Gasteiger partial charge in [-0.3, -0.25) is 4.40 Å². The van der Waals surface area contributed by atoms with Gasteiger partial charge < -0.3 is 5.32 Å². The van der Waals surface area contributed by atoms with Crippen LogP contribution < -0.4 is 5.32 Å². The van der Waals surface area contributed by atoms with Gasteiger partial charge in [-0.05, 0) is 0 Å². The first-order valence-electron chi connectivity index (χ1n) is 4.52. The normalized spacial score (nSPS) is 11.7. The summed E-state index contributed by atoms with van der Waals surface area (Å²) < 4.78 is 2.03. The number of imidazole rings is 1. The van der Waals surface area contributed by atoms with E-state index in [9.17, 15) is 0 Å². The lowest BCUT2D eigenvalue weighted by molar-refractivity contribution is 0.580. The Kier molecular flexibility index (Phi) is 2.76. The Hall–Kier alpha value is -0.580. The first-order valence-corrected chi connectivity index (χ1v) is 5.77. The maximum absolute atomic E-state index is 6.03. The topological polar surface area (TPSA) is 29.3 Å². The highest BCUT2D eigenvalue weighted by Crippen LogP contribution is 2.20. The summed E-state index contributed by atoms with van der Waals surface area (Å²) in [6, 6.07) is 0.454. The molecule has 0 aliphatic heterocycles. The fourth-order valence-electron chi connectivity index (χ4n) is 1.27. The minimum Gasteiger partial charge on any atom is -0.309 e. The lowest BCUT2D eigenvalue weighted by atomic mass is 10.3. The van der Waals surface area contributed by atoms with Crippen LogP contribution in [0.15, 0.2) is 11.6 Å². The molecular formula is C9H12ClN3S. The molecule has 0 atom stereocenters. The monoisotopic (exact) mass is 229 g/mol. The molecule has 3 nitrogen and oxygen atoms in total. The minimum absolute atomic E-state index is 0.454. The molecule has 5 heteroatoms. The Balaban J connectivity index is 2.29. The summed E-state index contributed by atoms with van der Waals surface area (Å²) in [4.78, 5) is 5.21. The number of nitrogens with one attached hydrogen (secondary N) is 1. The molecule has 0 aliphatic rings. The van der Waals surface area contributed by atoms with Gasteiger partial charge in [0.15, 0.2) is 10.1 Å². The van der Waals surface area contributed by atoms with Gasteiger partial charge >= 0.3 is 0 Å². The summed E-state index contributed by atoms with van der Waals surface area (Å²) in [5, 5.41) is 5.94. The molecule has 0 radical (unpaired) electrons. The van der Waals surface area contributed by atoms with Gasteiger partial charge in [-0.2, -0.15) is 0 Å². The number of halogens is 1. The van der Waals surface area contributed by atoms with Crippen LogP contribution in [0.2, 0.25) is 5.15 Å². The first kappa shape index (κ1) is 9.96. The molecule has 0 bridgehead atoms. The van der Waals surface area contributed by atoms with Crippen LogP contribution in [-0.4, -0.2) is 15.4 Å². The number of fused-ring (bicyclic) bond motifs is 1. The van der Waals surface area contributed by atoms with Crippen molar-refractivity contribution in [1.29, 1.82) is 0 Å². The van der Waals surface area contributed by atoms with Crippen molar-refractivity contribution in [3.63, 3.8) is 0 Å². The third-order valence-corrected chi connectivity index (χ3v) is 3.05. The molecule has 0 unspecified atom stereocenters. The predicted molar refractivity (Wildman–Crippen MR) is 60.1 cm³/mol. The van der Waals surface area contributed by atoms with Crippen LogP contribution in [-0.2, 0) is 6.54 Å². The van der Waals surface area contributed by atoms with Crippen molar-refractivity contribution in [1.82, 2.24) is 14.7 Å². The maximum atomic E-state index is 6.03. The van der Waals surface area contributed by atoms with Crippen molar-refractivity contribution in [2.45, 2.75) is 26.4 Å². The minimum atomic E-state index is 0.454. The maximum Gasteiger partial charge on any atom is 0.195 e. The lowest BCUT2D eigenvalue weighted by Crippen LogP contribution is -2.22. The Morgan fingerprint density at radius 2 is 2.43 bits per heavy atom. The van der Waals surface area contributed by atoms with Crippen LogP contribution in [0.3, 0.4) is 0 Å². The second kappa shape index (κ2) is 3.88. The van der Waals surface area contributed by atoms with E-state index < -0.39 is 0 Å². The van der Waals surface area contributed by atoms with Crippen LogP contribution >= 0.6 is 22.9 Å². The average Bonchev–Trinajstić information content (AvgIpc) is 2.61. The van der Waals surface area contributed by atoms with Crippen molar-refractivity contribution in [3.8, 4) is 0 Å². The molecule has 0 saturated heterocycles. The largest absolute Gasteiger partial charge is 0.309 e. The zero-order valence-electron chi connectivity index (χ0n) is 8.12. The molecule has 0 aliphatic carbocycles. The smallest absolute Gasteiger partial charge is 0.195 e.